The standard InChI is InChI=1S/C24H26N2O3/c27-20(15-21-4-3-12-28-21)14-19-9-7-18(8-10-19)11-13-29-24-6-2-1-5-22(24)23-16-25-17-26-23/h1-2,5-10,16-17,21H,3-4,11-15H2,(H,25,26). The van der Waals surface area contributed by atoms with Crippen LogP contribution in [0.1, 0.15) is 30.4 Å². The molecule has 0 saturated carbocycles. The predicted molar refractivity (Wildman–Crippen MR) is 112 cm³/mol. The minimum absolute atomic E-state index is 0.128. The molecular weight excluding hydrogens is 364 g/mol. The van der Waals surface area contributed by atoms with Crippen LogP contribution in [0.3, 0.4) is 0 Å². The summed E-state index contributed by atoms with van der Waals surface area (Å²) < 4.78 is 11.6. The van der Waals surface area contributed by atoms with Gasteiger partial charge in [0.25, 0.3) is 0 Å². The third kappa shape index (κ3) is 5.33. The van der Waals surface area contributed by atoms with Gasteiger partial charge in [-0.15, -0.1) is 0 Å². The van der Waals surface area contributed by atoms with E-state index in [-0.39, 0.29) is 11.9 Å². The molecule has 29 heavy (non-hydrogen) atoms. The van der Waals surface area contributed by atoms with E-state index in [1.807, 2.05) is 36.4 Å². The molecule has 1 aliphatic heterocycles. The Bertz CT molecular complexity index is 914. The van der Waals surface area contributed by atoms with Crippen molar-refractivity contribution in [2.75, 3.05) is 13.2 Å². The Labute approximate surface area is 171 Å². The van der Waals surface area contributed by atoms with Crippen LogP contribution >= 0.6 is 0 Å². The lowest BCUT2D eigenvalue weighted by Crippen LogP contribution is -2.14. The Balaban J connectivity index is 1.27. The number of hydrogen-bond donors (Lipinski definition) is 1. The summed E-state index contributed by atoms with van der Waals surface area (Å²) in [4.78, 5) is 19.4. The number of nitrogens with zero attached hydrogens (tertiary/aromatic N) is 1. The fraction of sp³-hybridized carbons (Fsp3) is 0.333. The predicted octanol–water partition coefficient (Wildman–Crippen LogP) is 4.38. The number of hydrogen-bond acceptors (Lipinski definition) is 4. The van der Waals surface area contributed by atoms with Crippen LogP contribution < -0.4 is 4.74 Å². The molecule has 1 unspecified atom stereocenters. The molecule has 1 atom stereocenters. The van der Waals surface area contributed by atoms with Crippen LogP contribution in [0.5, 0.6) is 5.75 Å². The zero-order valence-electron chi connectivity index (χ0n) is 16.5. The molecule has 1 aliphatic rings. The van der Waals surface area contributed by atoms with Crippen molar-refractivity contribution in [2.45, 2.75) is 38.2 Å². The van der Waals surface area contributed by atoms with Crippen LogP contribution in [-0.4, -0.2) is 35.1 Å². The molecule has 1 fully saturated rings. The first-order chi connectivity index (χ1) is 14.3. The Morgan fingerprint density at radius 1 is 1.14 bits per heavy atom. The molecule has 0 spiro atoms. The highest BCUT2D eigenvalue weighted by Crippen LogP contribution is 2.28. The monoisotopic (exact) mass is 390 g/mol. The van der Waals surface area contributed by atoms with Gasteiger partial charge in [0.15, 0.2) is 0 Å². The van der Waals surface area contributed by atoms with E-state index >= 15 is 0 Å². The topological polar surface area (TPSA) is 64.2 Å². The highest BCUT2D eigenvalue weighted by atomic mass is 16.5. The molecule has 2 heterocycles. The summed E-state index contributed by atoms with van der Waals surface area (Å²) >= 11 is 0. The summed E-state index contributed by atoms with van der Waals surface area (Å²) in [5, 5.41) is 0. The molecule has 4 rings (SSSR count). The highest BCUT2D eigenvalue weighted by molar-refractivity contribution is 5.81. The molecule has 0 aliphatic carbocycles. The van der Waals surface area contributed by atoms with Gasteiger partial charge in [-0.25, -0.2) is 4.98 Å². The molecule has 0 radical (unpaired) electrons. The summed E-state index contributed by atoms with van der Waals surface area (Å²) in [7, 11) is 0. The first kappa shape index (κ1) is 19.4. The van der Waals surface area contributed by atoms with E-state index in [1.165, 1.54) is 5.56 Å². The number of ketones is 1. The Morgan fingerprint density at radius 2 is 1.97 bits per heavy atom. The summed E-state index contributed by atoms with van der Waals surface area (Å²) in [6, 6.07) is 16.2. The zero-order chi connectivity index (χ0) is 19.9. The molecule has 3 aromatic rings. The number of imidazole rings is 1. The average molecular weight is 390 g/mol. The van der Waals surface area contributed by atoms with Crippen molar-refractivity contribution in [3.63, 3.8) is 0 Å². The van der Waals surface area contributed by atoms with Gasteiger partial charge in [0.2, 0.25) is 0 Å². The van der Waals surface area contributed by atoms with Gasteiger partial charge < -0.3 is 14.5 Å². The van der Waals surface area contributed by atoms with Crippen LogP contribution in [0.2, 0.25) is 0 Å². The van der Waals surface area contributed by atoms with Gasteiger partial charge in [-0.1, -0.05) is 36.4 Å². The number of H-pyrrole nitrogens is 1. The number of carbonyl (C=O) groups is 1. The van der Waals surface area contributed by atoms with Crippen molar-refractivity contribution >= 4 is 5.78 Å². The third-order valence-corrected chi connectivity index (χ3v) is 5.23. The lowest BCUT2D eigenvalue weighted by atomic mass is 10.0. The maximum Gasteiger partial charge on any atom is 0.139 e. The van der Waals surface area contributed by atoms with E-state index < -0.39 is 0 Å². The zero-order valence-corrected chi connectivity index (χ0v) is 16.5. The number of benzene rings is 2. The van der Waals surface area contributed by atoms with Crippen LogP contribution in [0.4, 0.5) is 0 Å². The number of nitrogens with one attached hydrogen (secondary N) is 1. The first-order valence-electron chi connectivity index (χ1n) is 10.2. The number of Topliss-reactive ketones (excluding diaryl/α,β-unsaturated/α-hetero) is 1. The van der Waals surface area contributed by atoms with Crippen LogP contribution in [-0.2, 0) is 22.4 Å². The summed E-state index contributed by atoms with van der Waals surface area (Å²) in [5.41, 5.74) is 4.20. The second kappa shape index (κ2) is 9.52. The van der Waals surface area contributed by atoms with E-state index in [2.05, 4.69) is 22.1 Å². The van der Waals surface area contributed by atoms with Crippen molar-refractivity contribution < 1.29 is 14.3 Å². The van der Waals surface area contributed by atoms with E-state index in [0.717, 1.165) is 48.4 Å². The average Bonchev–Trinajstić information content (AvgIpc) is 3.44. The van der Waals surface area contributed by atoms with Gasteiger partial charge in [-0.3, -0.25) is 4.79 Å². The molecule has 0 amide bonds. The molecule has 2 aromatic carbocycles. The van der Waals surface area contributed by atoms with E-state index in [1.54, 1.807) is 12.5 Å². The quantitative estimate of drug-likeness (QED) is 0.589. The van der Waals surface area contributed by atoms with Gasteiger partial charge in [0, 0.05) is 31.4 Å². The number of rotatable bonds is 9. The third-order valence-electron chi connectivity index (χ3n) is 5.23. The number of carbonyl (C=O) groups excluding carboxylic acids is 1. The first-order valence-corrected chi connectivity index (χ1v) is 10.2. The van der Waals surface area contributed by atoms with E-state index in [4.69, 9.17) is 9.47 Å². The Kier molecular flexibility index (Phi) is 6.37. The number of para-hydroxylation sites is 1. The largest absolute Gasteiger partial charge is 0.493 e. The van der Waals surface area contributed by atoms with Gasteiger partial charge >= 0.3 is 0 Å². The Hall–Kier alpha value is -2.92. The Morgan fingerprint density at radius 3 is 2.72 bits per heavy atom. The lowest BCUT2D eigenvalue weighted by molar-refractivity contribution is -0.120. The maximum absolute atomic E-state index is 12.2. The van der Waals surface area contributed by atoms with E-state index in [9.17, 15) is 4.79 Å². The smallest absolute Gasteiger partial charge is 0.139 e. The summed E-state index contributed by atoms with van der Waals surface area (Å²) in [5.74, 6) is 1.09. The second-order valence-corrected chi connectivity index (χ2v) is 7.43. The highest BCUT2D eigenvalue weighted by Gasteiger charge is 2.19. The molecule has 0 bridgehead atoms. The van der Waals surface area contributed by atoms with Crippen molar-refractivity contribution in [1.82, 2.24) is 9.97 Å². The summed E-state index contributed by atoms with van der Waals surface area (Å²) in [6.07, 6.45) is 7.49. The second-order valence-electron chi connectivity index (χ2n) is 7.43. The molecule has 5 heteroatoms. The van der Waals surface area contributed by atoms with Gasteiger partial charge in [0.1, 0.15) is 11.5 Å². The van der Waals surface area contributed by atoms with Crippen molar-refractivity contribution in [3.05, 3.63) is 72.2 Å². The molecule has 1 saturated heterocycles. The van der Waals surface area contributed by atoms with Crippen molar-refractivity contribution in [1.29, 1.82) is 0 Å². The SMILES string of the molecule is O=C(Cc1ccc(CCOc2ccccc2-c2cnc[nH]2)cc1)CC1CCCO1. The fourth-order valence-electron chi connectivity index (χ4n) is 3.68. The molecule has 150 valence electrons. The fourth-order valence-corrected chi connectivity index (χ4v) is 3.68. The van der Waals surface area contributed by atoms with Crippen molar-refractivity contribution in [2.24, 2.45) is 0 Å². The molecule has 1 aromatic heterocycles. The maximum atomic E-state index is 12.2. The van der Waals surface area contributed by atoms with Crippen LogP contribution in [0.25, 0.3) is 11.3 Å². The van der Waals surface area contributed by atoms with Gasteiger partial charge in [-0.05, 0) is 36.1 Å². The summed E-state index contributed by atoms with van der Waals surface area (Å²) in [6.45, 7) is 1.38. The van der Waals surface area contributed by atoms with Crippen LogP contribution in [0, 0.1) is 0 Å². The number of aromatic amines is 1. The van der Waals surface area contributed by atoms with Gasteiger partial charge in [0.05, 0.1) is 30.9 Å². The van der Waals surface area contributed by atoms with Gasteiger partial charge in [-0.2, -0.15) is 0 Å². The minimum Gasteiger partial charge on any atom is -0.493 e. The minimum atomic E-state index is 0.128. The number of aromatic nitrogens is 2. The van der Waals surface area contributed by atoms with E-state index in [0.29, 0.717) is 19.4 Å². The molecular formula is C24H26N2O3. The lowest BCUT2D eigenvalue weighted by Gasteiger charge is -2.11. The number of ether oxygens (including phenoxy) is 2. The van der Waals surface area contributed by atoms with Crippen LogP contribution in [0.15, 0.2) is 61.1 Å². The molecule has 5 nitrogen and oxygen atoms in total. The molecule has 1 N–H and O–H groups in total. The van der Waals surface area contributed by atoms with Crippen molar-refractivity contribution in [3.8, 4) is 17.0 Å². The normalized spacial score (nSPS) is 16.1.